The Balaban J connectivity index is 1.42. The van der Waals surface area contributed by atoms with Crippen LogP contribution in [0.25, 0.3) is 0 Å². The highest BCUT2D eigenvalue weighted by molar-refractivity contribution is 5.73. The lowest BCUT2D eigenvalue weighted by Crippen LogP contribution is -2.44. The molecule has 178 valence electrons. The molecule has 1 saturated carbocycles. The Hall–Kier alpha value is -2.57. The Morgan fingerprint density at radius 1 is 1.12 bits per heavy atom. The van der Waals surface area contributed by atoms with Crippen LogP contribution in [0.2, 0.25) is 0 Å². The highest BCUT2D eigenvalue weighted by atomic mass is 16.5. The van der Waals surface area contributed by atoms with Crippen molar-refractivity contribution in [1.29, 1.82) is 0 Å². The Morgan fingerprint density at radius 2 is 1.82 bits per heavy atom. The van der Waals surface area contributed by atoms with Gasteiger partial charge in [-0.25, -0.2) is 0 Å². The van der Waals surface area contributed by atoms with Gasteiger partial charge in [0, 0.05) is 24.6 Å². The third-order valence-electron chi connectivity index (χ3n) is 7.49. The number of carbonyl (C=O) groups is 1. The van der Waals surface area contributed by atoms with Gasteiger partial charge in [0.2, 0.25) is 0 Å². The van der Waals surface area contributed by atoms with Crippen LogP contribution in [0.3, 0.4) is 0 Å². The van der Waals surface area contributed by atoms with Crippen molar-refractivity contribution in [3.05, 3.63) is 59.7 Å². The number of methoxy groups -OCH3 is 1. The Morgan fingerprint density at radius 3 is 2.42 bits per heavy atom. The molecular weight excluding hydrogens is 416 g/mol. The van der Waals surface area contributed by atoms with Gasteiger partial charge in [0.05, 0.1) is 7.11 Å². The van der Waals surface area contributed by atoms with Crippen LogP contribution in [0.4, 0.5) is 0 Å². The summed E-state index contributed by atoms with van der Waals surface area (Å²) in [6, 6.07) is 16.5. The summed E-state index contributed by atoms with van der Waals surface area (Å²) >= 11 is 0. The molecule has 0 amide bonds. The molecule has 33 heavy (non-hydrogen) atoms. The predicted octanol–water partition coefficient (Wildman–Crippen LogP) is 4.08. The zero-order valence-corrected chi connectivity index (χ0v) is 19.9. The monoisotopic (exact) mass is 452 g/mol. The molecule has 2 aromatic rings. The van der Waals surface area contributed by atoms with Crippen molar-refractivity contribution in [2.75, 3.05) is 27.7 Å². The highest BCUT2D eigenvalue weighted by Gasteiger charge is 2.38. The van der Waals surface area contributed by atoms with Crippen LogP contribution in [0.1, 0.15) is 43.2 Å². The fourth-order valence-corrected chi connectivity index (χ4v) is 5.54. The molecule has 6 heteroatoms. The molecule has 0 bridgehead atoms. The van der Waals surface area contributed by atoms with Gasteiger partial charge in [-0.2, -0.15) is 0 Å². The molecule has 0 spiro atoms. The second-order valence-electron chi connectivity index (χ2n) is 9.73. The number of nitrogens with zero attached hydrogens (tertiary/aromatic N) is 1. The van der Waals surface area contributed by atoms with Gasteiger partial charge in [-0.05, 0) is 75.4 Å². The summed E-state index contributed by atoms with van der Waals surface area (Å²) in [5, 5.41) is 12.2. The second-order valence-corrected chi connectivity index (χ2v) is 9.73. The van der Waals surface area contributed by atoms with Crippen LogP contribution in [0, 0.1) is 5.92 Å². The predicted molar refractivity (Wildman–Crippen MR) is 129 cm³/mol. The minimum atomic E-state index is -0.825. The summed E-state index contributed by atoms with van der Waals surface area (Å²) in [4.78, 5) is 13.6. The zero-order valence-electron chi connectivity index (χ0n) is 19.9. The van der Waals surface area contributed by atoms with Gasteiger partial charge < -0.3 is 19.9 Å². The molecular formula is C27H36N2O4. The van der Waals surface area contributed by atoms with Gasteiger partial charge in [0.1, 0.15) is 23.6 Å². The number of benzene rings is 2. The van der Waals surface area contributed by atoms with Gasteiger partial charge in [0.15, 0.2) is 0 Å². The second kappa shape index (κ2) is 10.1. The van der Waals surface area contributed by atoms with Gasteiger partial charge in [0.25, 0.3) is 0 Å². The molecule has 1 saturated heterocycles. The molecule has 0 unspecified atom stereocenters. The molecule has 0 aromatic heterocycles. The van der Waals surface area contributed by atoms with Crippen molar-refractivity contribution in [2.24, 2.45) is 5.92 Å². The summed E-state index contributed by atoms with van der Waals surface area (Å²) in [6.07, 6.45) is 5.95. The number of hydrogen-bond donors (Lipinski definition) is 2. The van der Waals surface area contributed by atoms with Gasteiger partial charge in [-0.15, -0.1) is 0 Å². The summed E-state index contributed by atoms with van der Waals surface area (Å²) in [5.74, 6) is 1.33. The number of ether oxygens (including phenoxy) is 2. The maximum atomic E-state index is 11.2. The largest absolute Gasteiger partial charge is 0.497 e. The maximum absolute atomic E-state index is 11.2. The molecule has 6 nitrogen and oxygen atoms in total. The third kappa shape index (κ3) is 5.33. The number of carboxylic acids is 1. The van der Waals surface area contributed by atoms with Crippen LogP contribution < -0.4 is 14.8 Å². The van der Waals surface area contributed by atoms with E-state index in [0.29, 0.717) is 18.9 Å². The van der Waals surface area contributed by atoms with Crippen LogP contribution >= 0.6 is 0 Å². The third-order valence-corrected chi connectivity index (χ3v) is 7.49. The van der Waals surface area contributed by atoms with E-state index in [1.165, 1.54) is 24.0 Å². The Kier molecular flexibility index (Phi) is 7.25. The number of hydrogen-bond acceptors (Lipinski definition) is 5. The van der Waals surface area contributed by atoms with Crippen molar-refractivity contribution in [3.63, 3.8) is 0 Å². The van der Waals surface area contributed by atoms with Crippen LogP contribution in [0.15, 0.2) is 48.5 Å². The molecule has 4 rings (SSSR count). The minimum absolute atomic E-state index is 0.108. The number of nitrogens with one attached hydrogen (secondary N) is 1. The van der Waals surface area contributed by atoms with E-state index in [1.54, 1.807) is 7.11 Å². The van der Waals surface area contributed by atoms with Crippen molar-refractivity contribution < 1.29 is 19.4 Å². The van der Waals surface area contributed by atoms with Crippen LogP contribution in [-0.4, -0.2) is 55.9 Å². The summed E-state index contributed by atoms with van der Waals surface area (Å²) in [7, 11) is 6.07. The number of rotatable bonds is 8. The number of carboxylic acid groups (broad SMARTS) is 1. The van der Waals surface area contributed by atoms with Crippen LogP contribution in [0.5, 0.6) is 11.5 Å². The molecule has 1 heterocycles. The molecule has 0 radical (unpaired) electrons. The van der Waals surface area contributed by atoms with Gasteiger partial charge in [-0.3, -0.25) is 9.69 Å². The smallest absolute Gasteiger partial charge is 0.320 e. The first-order valence-electron chi connectivity index (χ1n) is 11.9. The fraction of sp³-hybridized carbons (Fsp3) is 0.519. The van der Waals surface area contributed by atoms with Crippen LogP contribution in [-0.2, 0) is 16.8 Å². The molecule has 2 fully saturated rings. The normalized spacial score (nSPS) is 27.5. The lowest BCUT2D eigenvalue weighted by molar-refractivity contribution is -0.139. The lowest BCUT2D eigenvalue weighted by Gasteiger charge is -2.45. The first kappa shape index (κ1) is 23.6. The molecule has 2 aliphatic rings. The highest BCUT2D eigenvalue weighted by Crippen LogP contribution is 2.44. The van der Waals surface area contributed by atoms with E-state index in [-0.39, 0.29) is 11.6 Å². The summed E-state index contributed by atoms with van der Waals surface area (Å²) < 4.78 is 11.7. The number of aliphatic carboxylic acids is 1. The van der Waals surface area contributed by atoms with E-state index >= 15 is 0 Å². The zero-order chi connectivity index (χ0) is 23.4. The average Bonchev–Trinajstić information content (AvgIpc) is 3.29. The van der Waals surface area contributed by atoms with E-state index in [2.05, 4.69) is 66.8 Å². The van der Waals surface area contributed by atoms with Crippen molar-refractivity contribution in [1.82, 2.24) is 10.2 Å². The Labute approximate surface area is 196 Å². The van der Waals surface area contributed by atoms with Gasteiger partial charge >= 0.3 is 5.97 Å². The fourth-order valence-electron chi connectivity index (χ4n) is 5.54. The van der Waals surface area contributed by atoms with Crippen molar-refractivity contribution in [3.8, 4) is 11.5 Å². The standard InChI is InChI=1S/C27H36N2O4/c1-29(2)27(21-7-5-4-6-8-21)11-9-19(10-12-27)13-20-14-22(32-3)16-23(15-20)33-24-17-25(26(30)31)28-18-24/h4-8,14-16,19,24-25,28H,9-13,17-18H2,1-3H3,(H,30,31)/t19-,24-,25-,27-/m0/s1. The van der Waals surface area contributed by atoms with E-state index in [9.17, 15) is 9.90 Å². The SMILES string of the molecule is COc1cc(C[C@H]2CC[C@](c3ccccc3)(N(C)C)CC2)cc(O[C@@H]2CN[C@H](C(=O)O)C2)c1. The lowest BCUT2D eigenvalue weighted by atomic mass is 9.70. The van der Waals surface area contributed by atoms with Crippen molar-refractivity contribution in [2.45, 2.75) is 56.2 Å². The molecule has 2 atom stereocenters. The first-order chi connectivity index (χ1) is 15.9. The molecule has 1 aliphatic heterocycles. The van der Waals surface area contributed by atoms with E-state index in [1.807, 2.05) is 6.07 Å². The quantitative estimate of drug-likeness (QED) is 0.629. The minimum Gasteiger partial charge on any atom is -0.497 e. The molecule has 2 N–H and O–H groups in total. The Bertz CT molecular complexity index is 938. The summed E-state index contributed by atoms with van der Waals surface area (Å²) in [6.45, 7) is 0.540. The average molecular weight is 453 g/mol. The van der Waals surface area contributed by atoms with Crippen molar-refractivity contribution >= 4 is 5.97 Å². The van der Waals surface area contributed by atoms with E-state index < -0.39 is 12.0 Å². The topological polar surface area (TPSA) is 71.0 Å². The van der Waals surface area contributed by atoms with E-state index in [4.69, 9.17) is 9.47 Å². The summed E-state index contributed by atoms with van der Waals surface area (Å²) in [5.41, 5.74) is 2.74. The molecule has 1 aliphatic carbocycles. The maximum Gasteiger partial charge on any atom is 0.320 e. The molecule has 2 aromatic carbocycles. The van der Waals surface area contributed by atoms with Gasteiger partial charge in [-0.1, -0.05) is 30.3 Å². The van der Waals surface area contributed by atoms with E-state index in [0.717, 1.165) is 30.8 Å². The first-order valence-corrected chi connectivity index (χ1v) is 11.9.